The minimum absolute atomic E-state index is 0.106. The number of hydrogen-bond donors (Lipinski definition) is 0. The van der Waals surface area contributed by atoms with Crippen LogP contribution in [0.2, 0.25) is 0 Å². The first kappa shape index (κ1) is 28.5. The zero-order valence-corrected chi connectivity index (χ0v) is 21.1. The molecule has 0 aromatic carbocycles. The summed E-state index contributed by atoms with van der Waals surface area (Å²) in [6, 6.07) is 0. The molecule has 0 radical (unpaired) electrons. The number of rotatable bonds is 9. The Bertz CT molecular complexity index is 827. The van der Waals surface area contributed by atoms with Crippen LogP contribution in [0.3, 0.4) is 0 Å². The van der Waals surface area contributed by atoms with Gasteiger partial charge in [0.2, 0.25) is 0 Å². The molecule has 30 heavy (non-hydrogen) atoms. The van der Waals surface area contributed by atoms with E-state index in [0.717, 1.165) is 43.1 Å². The molecule has 0 rings (SSSR count). The molecule has 174 valence electrons. The molecule has 12 nitrogen and oxygen atoms in total. The summed E-state index contributed by atoms with van der Waals surface area (Å²) in [7, 11) is -2.45. The van der Waals surface area contributed by atoms with Crippen LogP contribution in [0.15, 0.2) is 10.3 Å². The van der Waals surface area contributed by atoms with Gasteiger partial charge in [0, 0.05) is 48.6 Å². The van der Waals surface area contributed by atoms with Crippen molar-refractivity contribution in [2.45, 2.75) is 38.2 Å². The van der Waals surface area contributed by atoms with Gasteiger partial charge in [-0.15, -0.1) is 0 Å². The summed E-state index contributed by atoms with van der Waals surface area (Å²) in [5.41, 5.74) is 0.211. The Morgan fingerprint density at radius 3 is 1.27 bits per heavy atom. The third kappa shape index (κ3) is 9.99. The van der Waals surface area contributed by atoms with Crippen molar-refractivity contribution in [3.63, 3.8) is 0 Å². The van der Waals surface area contributed by atoms with Gasteiger partial charge in [0.15, 0.2) is 19.7 Å². The molecule has 0 aliphatic heterocycles. The number of nitrogens with zero attached hydrogens (tertiary/aromatic N) is 4. The van der Waals surface area contributed by atoms with Gasteiger partial charge in [0.25, 0.3) is 0 Å². The summed E-state index contributed by atoms with van der Waals surface area (Å²) in [5, 5.41) is 5.20. The van der Waals surface area contributed by atoms with Crippen molar-refractivity contribution < 1.29 is 36.1 Å². The second-order valence-corrected chi connectivity index (χ2v) is 13.3. The number of amides is 2. The second-order valence-electron chi connectivity index (χ2n) is 6.27. The minimum Gasteiger partial charge on any atom is -0.297 e. The van der Waals surface area contributed by atoms with E-state index in [9.17, 15) is 26.4 Å². The third-order valence-corrected chi connectivity index (χ3v) is 9.37. The molecule has 2 amide bonds. The van der Waals surface area contributed by atoms with E-state index in [4.69, 9.17) is 0 Å². The molecule has 16 heteroatoms. The summed E-state index contributed by atoms with van der Waals surface area (Å²) in [5.74, 6) is 0. The van der Waals surface area contributed by atoms with Crippen LogP contribution in [0.25, 0.3) is 0 Å². The Morgan fingerprint density at radius 2 is 1.03 bits per heavy atom. The molecule has 0 N–H and O–H groups in total. The standard InChI is InChI=1S/C14H26N4O8S4/c1-9(11(3)29(7,21)22)15-25-13(19)17(5)27-28-18(6)14(20)26-16-10(2)12(4)30(8,23)24/h11-12H,1-8H3. The lowest BCUT2D eigenvalue weighted by Gasteiger charge is -2.17. The van der Waals surface area contributed by atoms with Crippen molar-refractivity contribution >= 4 is 65.2 Å². The van der Waals surface area contributed by atoms with Crippen LogP contribution >= 0.6 is 22.0 Å². The van der Waals surface area contributed by atoms with Crippen molar-refractivity contribution in [3.8, 4) is 0 Å². The van der Waals surface area contributed by atoms with Gasteiger partial charge >= 0.3 is 12.2 Å². The van der Waals surface area contributed by atoms with Crippen molar-refractivity contribution in [1.82, 2.24) is 8.61 Å². The lowest BCUT2D eigenvalue weighted by Crippen LogP contribution is -2.26. The van der Waals surface area contributed by atoms with Crippen molar-refractivity contribution in [1.29, 1.82) is 0 Å². The number of carbonyl (C=O) groups excluding carboxylic acids is 2. The predicted octanol–water partition coefficient (Wildman–Crippen LogP) is 1.95. The van der Waals surface area contributed by atoms with Crippen molar-refractivity contribution in [2.75, 3.05) is 26.6 Å². The first-order chi connectivity index (χ1) is 13.5. The van der Waals surface area contributed by atoms with Gasteiger partial charge in [0.1, 0.15) is 0 Å². The van der Waals surface area contributed by atoms with E-state index in [0.29, 0.717) is 0 Å². The molecule has 0 heterocycles. The number of hydrogen-bond acceptors (Lipinski definition) is 12. The zero-order valence-electron chi connectivity index (χ0n) is 17.8. The minimum atomic E-state index is -3.37. The fraction of sp³-hybridized carbons (Fsp3) is 0.714. The van der Waals surface area contributed by atoms with E-state index < -0.39 is 42.4 Å². The summed E-state index contributed by atoms with van der Waals surface area (Å²) in [6.07, 6.45) is 0.286. The first-order valence-electron chi connectivity index (χ1n) is 8.19. The molecule has 0 spiro atoms. The summed E-state index contributed by atoms with van der Waals surface area (Å²) in [6.45, 7) is 5.66. The SMILES string of the molecule is CC(=NOC(=O)N(C)SSN(C)C(=O)ON=C(C)C(C)S(C)(=O)=O)C(C)S(C)(=O)=O. The van der Waals surface area contributed by atoms with Crippen LogP contribution in [-0.4, -0.2) is 86.2 Å². The van der Waals surface area contributed by atoms with E-state index in [-0.39, 0.29) is 11.4 Å². The van der Waals surface area contributed by atoms with Crippen molar-refractivity contribution in [2.24, 2.45) is 10.3 Å². The summed E-state index contributed by atoms with van der Waals surface area (Å²) in [4.78, 5) is 33.1. The molecular weight excluding hydrogens is 480 g/mol. The quantitative estimate of drug-likeness (QED) is 0.149. The average Bonchev–Trinajstić information content (AvgIpc) is 2.64. The van der Waals surface area contributed by atoms with E-state index in [1.165, 1.54) is 41.8 Å². The molecular formula is C14H26N4O8S4. The Labute approximate surface area is 184 Å². The highest BCUT2D eigenvalue weighted by Gasteiger charge is 2.22. The zero-order chi connectivity index (χ0) is 23.9. The Balaban J connectivity index is 4.67. The molecule has 0 saturated carbocycles. The van der Waals surface area contributed by atoms with E-state index in [2.05, 4.69) is 20.0 Å². The number of sulfone groups is 2. The third-order valence-electron chi connectivity index (χ3n) is 3.77. The maximum atomic E-state index is 11.9. The predicted molar refractivity (Wildman–Crippen MR) is 118 cm³/mol. The molecule has 0 saturated heterocycles. The highest BCUT2D eigenvalue weighted by Crippen LogP contribution is 2.28. The van der Waals surface area contributed by atoms with Gasteiger partial charge in [0.05, 0.1) is 21.9 Å². The number of oxime groups is 2. The maximum absolute atomic E-state index is 11.9. The number of carbonyl (C=O) groups is 2. The van der Waals surface area contributed by atoms with Crippen LogP contribution < -0.4 is 0 Å². The molecule has 0 aliphatic rings. The summed E-state index contributed by atoms with van der Waals surface area (Å²) < 4.78 is 47.8. The molecule has 0 bridgehead atoms. The normalized spacial score (nSPS) is 15.2. The molecule has 0 fully saturated rings. The average molecular weight is 507 g/mol. The molecule has 0 aromatic heterocycles. The van der Waals surface area contributed by atoms with Gasteiger partial charge in [-0.2, -0.15) is 0 Å². The van der Waals surface area contributed by atoms with Crippen LogP contribution in [0.1, 0.15) is 27.7 Å². The van der Waals surface area contributed by atoms with E-state index >= 15 is 0 Å². The molecule has 0 aromatic rings. The molecule has 0 aliphatic carbocycles. The highest BCUT2D eigenvalue weighted by atomic mass is 33.1. The largest absolute Gasteiger partial charge is 0.446 e. The van der Waals surface area contributed by atoms with Gasteiger partial charge in [-0.1, -0.05) is 10.3 Å². The van der Waals surface area contributed by atoms with E-state index in [1.54, 1.807) is 0 Å². The summed E-state index contributed by atoms with van der Waals surface area (Å²) >= 11 is 0. The Kier molecular flexibility index (Phi) is 11.2. The second kappa shape index (κ2) is 11.8. The fourth-order valence-corrected chi connectivity index (χ4v) is 3.94. The molecule has 2 atom stereocenters. The van der Waals surface area contributed by atoms with Gasteiger partial charge in [-0.05, 0) is 27.7 Å². The smallest absolute Gasteiger partial charge is 0.297 e. The van der Waals surface area contributed by atoms with Gasteiger partial charge < -0.3 is 0 Å². The van der Waals surface area contributed by atoms with Crippen molar-refractivity contribution in [3.05, 3.63) is 0 Å². The fourth-order valence-electron chi connectivity index (χ4n) is 1.27. The van der Waals surface area contributed by atoms with Crippen LogP contribution in [0.4, 0.5) is 9.59 Å². The lowest BCUT2D eigenvalue weighted by atomic mass is 10.3. The Hall–Kier alpha value is -1.52. The van der Waals surface area contributed by atoms with Gasteiger partial charge in [-0.3, -0.25) is 9.68 Å². The maximum Gasteiger partial charge on any atom is 0.446 e. The highest BCUT2D eigenvalue weighted by molar-refractivity contribution is 8.75. The van der Waals surface area contributed by atoms with Crippen LogP contribution in [0, 0.1) is 0 Å². The van der Waals surface area contributed by atoms with Crippen LogP contribution in [-0.2, 0) is 29.3 Å². The monoisotopic (exact) mass is 506 g/mol. The van der Waals surface area contributed by atoms with Gasteiger partial charge in [-0.25, -0.2) is 35.0 Å². The Morgan fingerprint density at radius 1 is 0.767 bits per heavy atom. The molecule has 2 unspecified atom stereocenters. The van der Waals surface area contributed by atoms with Crippen LogP contribution in [0.5, 0.6) is 0 Å². The topological polar surface area (TPSA) is 152 Å². The first-order valence-corrected chi connectivity index (χ1v) is 14.2. The lowest BCUT2D eigenvalue weighted by molar-refractivity contribution is 0.135. The van der Waals surface area contributed by atoms with E-state index in [1.807, 2.05) is 0 Å².